The molecule has 0 N–H and O–H groups in total. The van der Waals surface area contributed by atoms with E-state index in [1.165, 1.54) is 18.6 Å². The van der Waals surface area contributed by atoms with Crippen LogP contribution in [0.2, 0.25) is 0 Å². The number of aldehydes is 1. The summed E-state index contributed by atoms with van der Waals surface area (Å²) in [5.74, 6) is 0. The van der Waals surface area contributed by atoms with Crippen LogP contribution in [0.25, 0.3) is 18.6 Å². The number of hydrogen-bond donors (Lipinski definition) is 0. The molecule has 0 spiro atoms. The average Bonchev–Trinajstić information content (AvgIpc) is 3.09. The van der Waals surface area contributed by atoms with E-state index in [-0.39, 0.29) is 0 Å². The zero-order valence-corrected chi connectivity index (χ0v) is 12.1. The van der Waals surface area contributed by atoms with Crippen LogP contribution in [0.3, 0.4) is 0 Å². The molecule has 0 aromatic carbocycles. The molecule has 0 radical (unpaired) electrons. The molecule has 0 fully saturated rings. The fourth-order valence-corrected chi connectivity index (χ4v) is 5.73. The quantitative estimate of drug-likeness (QED) is 0.526. The van der Waals surface area contributed by atoms with Gasteiger partial charge in [-0.1, -0.05) is 0 Å². The van der Waals surface area contributed by atoms with Crippen molar-refractivity contribution < 1.29 is 4.79 Å². The Balaban J connectivity index is 1.97. The van der Waals surface area contributed by atoms with Gasteiger partial charge >= 0.3 is 114 Å². The van der Waals surface area contributed by atoms with Crippen molar-refractivity contribution in [3.05, 3.63) is 46.7 Å². The molecule has 0 saturated carbocycles. The monoisotopic (exact) mass is 324 g/mol. The van der Waals surface area contributed by atoms with Crippen LogP contribution in [-0.4, -0.2) is 20.8 Å². The van der Waals surface area contributed by atoms with Gasteiger partial charge in [0.25, 0.3) is 0 Å². The molecule has 17 heavy (non-hydrogen) atoms. The van der Waals surface area contributed by atoms with Gasteiger partial charge in [-0.05, 0) is 0 Å². The van der Waals surface area contributed by atoms with E-state index in [9.17, 15) is 4.79 Å². The molecular weight excluding hydrogens is 315 g/mol. The van der Waals surface area contributed by atoms with Crippen LogP contribution in [0.4, 0.5) is 0 Å². The van der Waals surface area contributed by atoms with Crippen molar-refractivity contribution in [3.63, 3.8) is 0 Å². The zero-order chi connectivity index (χ0) is 11.7. The van der Waals surface area contributed by atoms with Crippen molar-refractivity contribution in [1.82, 2.24) is 0 Å². The van der Waals surface area contributed by atoms with Crippen LogP contribution in [0, 0.1) is 0 Å². The van der Waals surface area contributed by atoms with Crippen LogP contribution >= 0.6 is 22.7 Å². The maximum absolute atomic E-state index is 10.7. The molecule has 0 unspecified atom stereocenters. The van der Waals surface area contributed by atoms with E-state index < -0.39 is 0 Å². The molecule has 84 valence electrons. The normalized spacial score (nSPS) is 10.6. The molecular formula is C13H8OS2Se. The van der Waals surface area contributed by atoms with Gasteiger partial charge < -0.3 is 0 Å². The van der Waals surface area contributed by atoms with Gasteiger partial charge in [0.2, 0.25) is 0 Å². The third-order valence-corrected chi connectivity index (χ3v) is 7.30. The van der Waals surface area contributed by atoms with Crippen molar-refractivity contribution in [3.8, 4) is 18.6 Å². The van der Waals surface area contributed by atoms with Crippen LogP contribution in [0.1, 0.15) is 9.67 Å². The molecule has 1 nitrogen and oxygen atoms in total. The van der Waals surface area contributed by atoms with E-state index in [4.69, 9.17) is 0 Å². The first-order chi connectivity index (χ1) is 8.36. The second-order valence-corrected chi connectivity index (χ2v) is 7.80. The first-order valence-electron chi connectivity index (χ1n) is 5.06. The van der Waals surface area contributed by atoms with Gasteiger partial charge in [-0.3, -0.25) is 0 Å². The second-order valence-electron chi connectivity index (χ2n) is 3.46. The van der Waals surface area contributed by atoms with E-state index in [0.29, 0.717) is 14.5 Å². The molecule has 0 atom stereocenters. The van der Waals surface area contributed by atoms with E-state index in [2.05, 4.69) is 29.6 Å². The van der Waals surface area contributed by atoms with Gasteiger partial charge in [-0.15, -0.1) is 0 Å². The van der Waals surface area contributed by atoms with Crippen LogP contribution in [0.5, 0.6) is 0 Å². The van der Waals surface area contributed by atoms with Gasteiger partial charge in [0.05, 0.1) is 0 Å². The Morgan fingerprint density at radius 1 is 1.00 bits per heavy atom. The van der Waals surface area contributed by atoms with Crippen molar-refractivity contribution >= 4 is 43.5 Å². The molecule has 3 aromatic heterocycles. The Kier molecular flexibility index (Phi) is 3.12. The Hall–Kier alpha value is -0.931. The molecule has 0 saturated heterocycles. The van der Waals surface area contributed by atoms with Crippen molar-refractivity contribution in [1.29, 1.82) is 0 Å². The fourth-order valence-electron chi connectivity index (χ4n) is 1.57. The predicted octanol–water partition coefficient (Wildman–Crippen LogP) is 4.01. The standard InChI is InChI=1S/C13H8OS2Se/c14-8-9-3-4-11(16-9)13-6-5-12(17-13)10-2-1-7-15-10/h1-8H. The molecule has 3 aromatic rings. The minimum atomic E-state index is 0.371. The summed E-state index contributed by atoms with van der Waals surface area (Å²) in [6.07, 6.45) is 0.921. The Bertz CT molecular complexity index is 634. The average molecular weight is 323 g/mol. The summed E-state index contributed by atoms with van der Waals surface area (Å²) in [5, 5.41) is 2.11. The van der Waals surface area contributed by atoms with Gasteiger partial charge in [0.15, 0.2) is 0 Å². The van der Waals surface area contributed by atoms with Gasteiger partial charge in [0, 0.05) is 0 Å². The first kappa shape index (κ1) is 11.2. The summed E-state index contributed by atoms with van der Waals surface area (Å²) in [6.45, 7) is 0. The SMILES string of the molecule is O=Cc1ccc(-c2ccc(-c3cccs3)[se]2)s1. The van der Waals surface area contributed by atoms with Crippen LogP contribution in [0.15, 0.2) is 41.8 Å². The Labute approximate surface area is 113 Å². The van der Waals surface area contributed by atoms with Crippen molar-refractivity contribution in [2.45, 2.75) is 0 Å². The molecule has 0 aliphatic carbocycles. The van der Waals surface area contributed by atoms with Gasteiger partial charge in [-0.2, -0.15) is 0 Å². The molecule has 0 bridgehead atoms. The molecule has 0 aliphatic heterocycles. The number of carbonyl (C=O) groups is 1. The predicted molar refractivity (Wildman–Crippen MR) is 75.4 cm³/mol. The van der Waals surface area contributed by atoms with E-state index >= 15 is 0 Å². The molecule has 3 rings (SSSR count). The molecule has 4 heteroatoms. The topological polar surface area (TPSA) is 17.1 Å². The minimum absolute atomic E-state index is 0.371. The zero-order valence-electron chi connectivity index (χ0n) is 8.75. The Morgan fingerprint density at radius 2 is 1.82 bits per heavy atom. The summed E-state index contributed by atoms with van der Waals surface area (Å²) in [7, 11) is 0. The number of thiophene rings is 2. The van der Waals surface area contributed by atoms with Crippen LogP contribution in [-0.2, 0) is 0 Å². The first-order valence-corrected chi connectivity index (χ1v) is 8.47. The summed E-state index contributed by atoms with van der Waals surface area (Å²) >= 11 is 3.74. The van der Waals surface area contributed by atoms with Gasteiger partial charge in [0.1, 0.15) is 0 Å². The second kappa shape index (κ2) is 4.75. The summed E-state index contributed by atoms with van der Waals surface area (Å²) in [5.41, 5.74) is 0. The maximum atomic E-state index is 10.7. The van der Waals surface area contributed by atoms with E-state index in [1.807, 2.05) is 12.1 Å². The van der Waals surface area contributed by atoms with E-state index in [0.717, 1.165) is 11.2 Å². The third-order valence-electron chi connectivity index (χ3n) is 2.36. The van der Waals surface area contributed by atoms with Gasteiger partial charge in [-0.25, -0.2) is 0 Å². The van der Waals surface area contributed by atoms with Crippen molar-refractivity contribution in [2.75, 3.05) is 0 Å². The number of hydrogen-bond acceptors (Lipinski definition) is 3. The fraction of sp³-hybridized carbons (Fsp3) is 0. The summed E-state index contributed by atoms with van der Waals surface area (Å²) in [4.78, 5) is 14.1. The van der Waals surface area contributed by atoms with Crippen LogP contribution < -0.4 is 0 Å². The molecule has 3 heterocycles. The van der Waals surface area contributed by atoms with Crippen molar-refractivity contribution in [2.24, 2.45) is 0 Å². The number of rotatable bonds is 3. The summed E-state index contributed by atoms with van der Waals surface area (Å²) in [6, 6.07) is 12.6. The summed E-state index contributed by atoms with van der Waals surface area (Å²) < 4.78 is 2.81. The Morgan fingerprint density at radius 3 is 2.47 bits per heavy atom. The number of carbonyl (C=O) groups excluding carboxylic acids is 1. The molecule has 0 amide bonds. The molecule has 0 aliphatic rings. The third kappa shape index (κ3) is 2.22. The van der Waals surface area contributed by atoms with E-state index in [1.54, 1.807) is 22.7 Å².